The van der Waals surface area contributed by atoms with Gasteiger partial charge in [0, 0.05) is 57.4 Å². The number of aliphatic imine (C=N–C) groups is 1. The highest BCUT2D eigenvalue weighted by molar-refractivity contribution is 6.30. The number of guanidine groups is 1. The van der Waals surface area contributed by atoms with Gasteiger partial charge >= 0.3 is 0 Å². The van der Waals surface area contributed by atoms with Crippen molar-refractivity contribution in [2.45, 2.75) is 20.3 Å². The van der Waals surface area contributed by atoms with Gasteiger partial charge in [-0.1, -0.05) is 30.7 Å². The molecule has 1 aliphatic rings. The summed E-state index contributed by atoms with van der Waals surface area (Å²) in [5.74, 6) is 1.46. The zero-order valence-electron chi connectivity index (χ0n) is 16.5. The average molecular weight is 380 g/mol. The molecule has 0 saturated carbocycles. The Morgan fingerprint density at radius 2 is 2.00 bits per heavy atom. The number of hydrogen-bond donors (Lipinski definition) is 2. The van der Waals surface area contributed by atoms with Crippen LogP contribution in [0.4, 0.5) is 0 Å². The Labute approximate surface area is 163 Å². The normalized spacial score (nSPS) is 17.9. The molecular formula is C20H34ClN5. The van der Waals surface area contributed by atoms with Gasteiger partial charge in [-0.2, -0.15) is 0 Å². The average Bonchev–Trinajstić information content (AvgIpc) is 2.62. The van der Waals surface area contributed by atoms with Gasteiger partial charge in [0.05, 0.1) is 0 Å². The van der Waals surface area contributed by atoms with Crippen LogP contribution < -0.4 is 10.6 Å². The quantitative estimate of drug-likeness (QED) is 0.537. The number of nitrogens with zero attached hydrogens (tertiary/aromatic N) is 3. The molecule has 5 nitrogen and oxygen atoms in total. The Hall–Kier alpha value is -1.30. The molecule has 0 bridgehead atoms. The first-order valence-corrected chi connectivity index (χ1v) is 10.1. The lowest BCUT2D eigenvalue weighted by Crippen LogP contribution is -2.46. The Morgan fingerprint density at radius 3 is 2.69 bits per heavy atom. The lowest BCUT2D eigenvalue weighted by atomic mass is 10.1. The van der Waals surface area contributed by atoms with Crippen LogP contribution in [-0.2, 0) is 6.42 Å². The molecule has 1 saturated heterocycles. The number of piperazine rings is 1. The van der Waals surface area contributed by atoms with Crippen LogP contribution in [0.25, 0.3) is 0 Å². The summed E-state index contributed by atoms with van der Waals surface area (Å²) in [4.78, 5) is 9.72. The van der Waals surface area contributed by atoms with Crippen LogP contribution in [0.2, 0.25) is 5.02 Å². The largest absolute Gasteiger partial charge is 0.357 e. The summed E-state index contributed by atoms with van der Waals surface area (Å²) in [5, 5.41) is 7.56. The molecule has 0 aliphatic carbocycles. The summed E-state index contributed by atoms with van der Waals surface area (Å²) in [6.07, 6.45) is 0.932. The fourth-order valence-corrected chi connectivity index (χ4v) is 3.35. The Bertz CT molecular complexity index is 555. The van der Waals surface area contributed by atoms with Gasteiger partial charge in [0.1, 0.15) is 0 Å². The summed E-state index contributed by atoms with van der Waals surface area (Å²) in [6.45, 7) is 12.8. The minimum atomic E-state index is 0.557. The van der Waals surface area contributed by atoms with Crippen molar-refractivity contribution in [3.05, 3.63) is 34.9 Å². The standard InChI is InChI=1S/C20H34ClN5/c1-4-22-20(23-9-8-18-6-5-7-19(21)14-18)24-15-17(2)16-26-12-10-25(3)11-13-26/h5-7,14,17H,4,8-13,15-16H2,1-3H3,(H2,22,23,24). The zero-order chi connectivity index (χ0) is 18.8. The predicted molar refractivity (Wildman–Crippen MR) is 112 cm³/mol. The van der Waals surface area contributed by atoms with Crippen molar-refractivity contribution in [3.8, 4) is 0 Å². The Morgan fingerprint density at radius 1 is 1.23 bits per heavy atom. The summed E-state index contributed by atoms with van der Waals surface area (Å²) >= 11 is 6.05. The minimum Gasteiger partial charge on any atom is -0.357 e. The zero-order valence-corrected chi connectivity index (χ0v) is 17.2. The molecule has 1 heterocycles. The lowest BCUT2D eigenvalue weighted by Gasteiger charge is -2.33. The molecule has 1 aliphatic heterocycles. The minimum absolute atomic E-state index is 0.557. The van der Waals surface area contributed by atoms with Crippen molar-refractivity contribution in [2.24, 2.45) is 10.9 Å². The molecule has 2 rings (SSSR count). The van der Waals surface area contributed by atoms with Crippen LogP contribution >= 0.6 is 11.6 Å². The number of halogens is 1. The molecular weight excluding hydrogens is 346 g/mol. The highest BCUT2D eigenvalue weighted by atomic mass is 35.5. The van der Waals surface area contributed by atoms with Crippen LogP contribution in [-0.4, -0.2) is 75.2 Å². The lowest BCUT2D eigenvalue weighted by molar-refractivity contribution is 0.140. The van der Waals surface area contributed by atoms with E-state index in [1.54, 1.807) is 0 Å². The van der Waals surface area contributed by atoms with Gasteiger partial charge in [0.2, 0.25) is 0 Å². The maximum atomic E-state index is 6.05. The van der Waals surface area contributed by atoms with Gasteiger partial charge in [0.25, 0.3) is 0 Å². The molecule has 26 heavy (non-hydrogen) atoms. The molecule has 2 N–H and O–H groups in total. The third-order valence-corrected chi connectivity index (χ3v) is 4.90. The molecule has 6 heteroatoms. The van der Waals surface area contributed by atoms with Gasteiger partial charge in [-0.15, -0.1) is 0 Å². The van der Waals surface area contributed by atoms with Crippen molar-refractivity contribution in [2.75, 3.05) is 59.4 Å². The number of benzene rings is 1. The van der Waals surface area contributed by atoms with Crippen LogP contribution in [0, 0.1) is 5.92 Å². The first-order chi connectivity index (χ1) is 12.6. The summed E-state index contributed by atoms with van der Waals surface area (Å²) < 4.78 is 0. The number of rotatable bonds is 8. The monoisotopic (exact) mass is 379 g/mol. The predicted octanol–water partition coefficient (Wildman–Crippen LogP) is 2.32. The van der Waals surface area contributed by atoms with Crippen LogP contribution in [0.5, 0.6) is 0 Å². The van der Waals surface area contributed by atoms with Crippen molar-refractivity contribution in [3.63, 3.8) is 0 Å². The second kappa shape index (κ2) is 11.4. The van der Waals surface area contributed by atoms with Gasteiger partial charge < -0.3 is 20.4 Å². The van der Waals surface area contributed by atoms with E-state index in [2.05, 4.69) is 47.4 Å². The first kappa shape index (κ1) is 21.0. The number of likely N-dealkylation sites (N-methyl/N-ethyl adjacent to an activating group) is 1. The van der Waals surface area contributed by atoms with Gasteiger partial charge in [-0.05, 0) is 44.0 Å². The van der Waals surface area contributed by atoms with Gasteiger partial charge in [0.15, 0.2) is 5.96 Å². The summed E-state index contributed by atoms with van der Waals surface area (Å²) in [6, 6.07) is 8.03. The van der Waals surface area contributed by atoms with Gasteiger partial charge in [-0.3, -0.25) is 4.99 Å². The van der Waals surface area contributed by atoms with Crippen molar-refractivity contribution in [1.29, 1.82) is 0 Å². The van der Waals surface area contributed by atoms with E-state index in [9.17, 15) is 0 Å². The molecule has 0 radical (unpaired) electrons. The van der Waals surface area contributed by atoms with E-state index < -0.39 is 0 Å². The molecule has 0 aromatic heterocycles. The van der Waals surface area contributed by atoms with Crippen LogP contribution in [0.15, 0.2) is 29.3 Å². The molecule has 1 aromatic rings. The third-order valence-electron chi connectivity index (χ3n) is 4.67. The molecule has 1 aromatic carbocycles. The molecule has 1 fully saturated rings. The highest BCUT2D eigenvalue weighted by Gasteiger charge is 2.15. The van der Waals surface area contributed by atoms with Crippen LogP contribution in [0.3, 0.4) is 0 Å². The summed E-state index contributed by atoms with van der Waals surface area (Å²) in [7, 11) is 2.20. The molecule has 146 valence electrons. The first-order valence-electron chi connectivity index (χ1n) is 9.74. The highest BCUT2D eigenvalue weighted by Crippen LogP contribution is 2.10. The fourth-order valence-electron chi connectivity index (χ4n) is 3.14. The smallest absolute Gasteiger partial charge is 0.191 e. The van der Waals surface area contributed by atoms with E-state index in [0.717, 1.165) is 43.6 Å². The van der Waals surface area contributed by atoms with E-state index >= 15 is 0 Å². The van der Waals surface area contributed by atoms with Crippen molar-refractivity contribution >= 4 is 17.6 Å². The van der Waals surface area contributed by atoms with Crippen LogP contribution in [0.1, 0.15) is 19.4 Å². The number of nitrogens with one attached hydrogen (secondary N) is 2. The fraction of sp³-hybridized carbons (Fsp3) is 0.650. The van der Waals surface area contributed by atoms with Gasteiger partial charge in [-0.25, -0.2) is 0 Å². The Balaban J connectivity index is 1.74. The number of hydrogen-bond acceptors (Lipinski definition) is 3. The molecule has 0 spiro atoms. The molecule has 0 amide bonds. The van der Waals surface area contributed by atoms with E-state index in [1.807, 2.05) is 18.2 Å². The second-order valence-corrected chi connectivity index (χ2v) is 7.67. The van der Waals surface area contributed by atoms with E-state index in [-0.39, 0.29) is 0 Å². The molecule has 1 unspecified atom stereocenters. The SMILES string of the molecule is CCNC(=NCC(C)CN1CCN(C)CC1)NCCc1cccc(Cl)c1. The van der Waals surface area contributed by atoms with E-state index in [4.69, 9.17) is 16.6 Å². The Kier molecular flexibility index (Phi) is 9.23. The second-order valence-electron chi connectivity index (χ2n) is 7.24. The third kappa shape index (κ3) is 7.94. The summed E-state index contributed by atoms with van der Waals surface area (Å²) in [5.41, 5.74) is 1.24. The van der Waals surface area contributed by atoms with Crippen molar-refractivity contribution < 1.29 is 0 Å². The maximum Gasteiger partial charge on any atom is 0.191 e. The maximum absolute atomic E-state index is 6.05. The van der Waals surface area contributed by atoms with Crippen molar-refractivity contribution in [1.82, 2.24) is 20.4 Å². The van der Waals surface area contributed by atoms with E-state index in [1.165, 1.54) is 31.7 Å². The van der Waals surface area contributed by atoms with E-state index in [0.29, 0.717) is 5.92 Å². The molecule has 1 atom stereocenters. The topological polar surface area (TPSA) is 42.9 Å².